The molecule has 0 unspecified atom stereocenters. The zero-order chi connectivity index (χ0) is 15.2. The summed E-state index contributed by atoms with van der Waals surface area (Å²) in [6, 6.07) is 16.1. The molecule has 0 N–H and O–H groups in total. The molecule has 0 heterocycles. The fraction of sp³-hybridized carbons (Fsp3) is 0.222. The molecule has 0 aliphatic carbocycles. The van der Waals surface area contributed by atoms with E-state index in [-0.39, 0.29) is 0 Å². The number of aryl methyl sites for hydroxylation is 2. The lowest BCUT2D eigenvalue weighted by molar-refractivity contribution is 0.578. The molecule has 108 valence electrons. The number of thiocarbonyl (C=S) groups is 2. The molecule has 0 atom stereocenters. The first-order valence-electron chi connectivity index (χ1n) is 7.08. The fourth-order valence-electron chi connectivity index (χ4n) is 2.04. The van der Waals surface area contributed by atoms with Crippen molar-refractivity contribution in [2.75, 3.05) is 0 Å². The normalized spacial score (nSPS) is 10.2. The Balaban J connectivity index is 2.12. The van der Waals surface area contributed by atoms with Crippen LogP contribution in [0.5, 0.6) is 0 Å². The summed E-state index contributed by atoms with van der Waals surface area (Å²) in [7, 11) is 0. The Morgan fingerprint density at radius 3 is 1.62 bits per heavy atom. The summed E-state index contributed by atoms with van der Waals surface area (Å²) in [5, 5.41) is 0.856. The van der Waals surface area contributed by atoms with Crippen molar-refractivity contribution in [1.82, 2.24) is 0 Å². The second-order valence-electron chi connectivity index (χ2n) is 4.78. The third-order valence-electron chi connectivity index (χ3n) is 3.33. The molecule has 0 aliphatic heterocycles. The Hall–Kier alpha value is -1.58. The van der Waals surface area contributed by atoms with Crippen LogP contribution < -0.4 is 0 Å². The maximum Gasteiger partial charge on any atom is 0.199 e. The molecule has 0 aliphatic rings. The number of rotatable bonds is 4. The van der Waals surface area contributed by atoms with Gasteiger partial charge in [-0.25, -0.2) is 0 Å². The number of hydrogen-bond donors (Lipinski definition) is 0. The highest BCUT2D eigenvalue weighted by Crippen LogP contribution is 2.13. The lowest BCUT2D eigenvalue weighted by Crippen LogP contribution is -2.11. The SMILES string of the molecule is CCc1cccc(C(=S)OC(=S)c2cccc(CC)c2)c1. The predicted octanol–water partition coefficient (Wildman–Crippen LogP) is 4.88. The van der Waals surface area contributed by atoms with Crippen LogP contribution in [0.25, 0.3) is 0 Å². The van der Waals surface area contributed by atoms with E-state index in [1.807, 2.05) is 36.4 Å². The van der Waals surface area contributed by atoms with Crippen LogP contribution in [0.3, 0.4) is 0 Å². The largest absolute Gasteiger partial charge is 0.433 e. The van der Waals surface area contributed by atoms with Crippen molar-refractivity contribution in [2.24, 2.45) is 0 Å². The van der Waals surface area contributed by atoms with Gasteiger partial charge in [-0.15, -0.1) is 0 Å². The van der Waals surface area contributed by atoms with Crippen LogP contribution in [0.4, 0.5) is 0 Å². The summed E-state index contributed by atoms with van der Waals surface area (Å²) in [6.45, 7) is 4.23. The smallest absolute Gasteiger partial charge is 0.199 e. The van der Waals surface area contributed by atoms with Crippen molar-refractivity contribution in [3.05, 3.63) is 70.8 Å². The summed E-state index contributed by atoms with van der Waals surface area (Å²) in [6.07, 6.45) is 1.94. The minimum Gasteiger partial charge on any atom is -0.433 e. The van der Waals surface area contributed by atoms with Crippen molar-refractivity contribution in [3.8, 4) is 0 Å². The van der Waals surface area contributed by atoms with Gasteiger partial charge in [-0.1, -0.05) is 50.2 Å². The second-order valence-corrected chi connectivity index (χ2v) is 5.53. The number of hydrogen-bond acceptors (Lipinski definition) is 3. The van der Waals surface area contributed by atoms with Crippen molar-refractivity contribution < 1.29 is 4.74 Å². The molecule has 0 bridgehead atoms. The Morgan fingerprint density at radius 1 is 0.810 bits per heavy atom. The Morgan fingerprint density at radius 2 is 1.24 bits per heavy atom. The van der Waals surface area contributed by atoms with Gasteiger partial charge in [-0.3, -0.25) is 0 Å². The van der Waals surface area contributed by atoms with Gasteiger partial charge in [0.1, 0.15) is 0 Å². The molecule has 0 amide bonds. The molecule has 0 saturated carbocycles. The molecule has 0 saturated heterocycles. The molecule has 0 spiro atoms. The molecule has 1 nitrogen and oxygen atoms in total. The minimum atomic E-state index is 0.428. The van der Waals surface area contributed by atoms with Gasteiger partial charge in [0.2, 0.25) is 0 Å². The van der Waals surface area contributed by atoms with E-state index >= 15 is 0 Å². The van der Waals surface area contributed by atoms with Gasteiger partial charge in [0.25, 0.3) is 0 Å². The predicted molar refractivity (Wildman–Crippen MR) is 96.1 cm³/mol. The van der Waals surface area contributed by atoms with E-state index < -0.39 is 0 Å². The average molecular weight is 314 g/mol. The standard InChI is InChI=1S/C18H18OS2/c1-3-13-7-5-9-15(11-13)17(20)19-18(21)16-10-6-8-14(4-2)12-16/h5-12H,3-4H2,1-2H3. The van der Waals surface area contributed by atoms with Crippen molar-refractivity contribution in [1.29, 1.82) is 0 Å². The molecular formula is C18H18OS2. The summed E-state index contributed by atoms with van der Waals surface area (Å²) in [5.41, 5.74) is 4.27. The molecule has 0 radical (unpaired) electrons. The molecule has 2 aromatic carbocycles. The van der Waals surface area contributed by atoms with E-state index in [0.717, 1.165) is 24.0 Å². The Bertz CT molecular complexity index is 604. The van der Waals surface area contributed by atoms with E-state index in [9.17, 15) is 0 Å². The van der Waals surface area contributed by atoms with Gasteiger partial charge >= 0.3 is 0 Å². The van der Waals surface area contributed by atoms with Gasteiger partial charge < -0.3 is 4.74 Å². The molecule has 0 fully saturated rings. The first-order chi connectivity index (χ1) is 10.1. The quantitative estimate of drug-likeness (QED) is 0.744. The maximum absolute atomic E-state index is 5.68. The van der Waals surface area contributed by atoms with Crippen LogP contribution in [-0.4, -0.2) is 10.1 Å². The van der Waals surface area contributed by atoms with Crippen molar-refractivity contribution in [3.63, 3.8) is 0 Å². The highest BCUT2D eigenvalue weighted by molar-refractivity contribution is 7.81. The monoisotopic (exact) mass is 314 g/mol. The Labute approximate surface area is 137 Å². The van der Waals surface area contributed by atoms with Gasteiger partial charge in [0.15, 0.2) is 10.1 Å². The van der Waals surface area contributed by atoms with E-state index in [4.69, 9.17) is 29.2 Å². The van der Waals surface area contributed by atoms with Crippen molar-refractivity contribution in [2.45, 2.75) is 26.7 Å². The molecular weight excluding hydrogens is 296 g/mol. The first-order valence-corrected chi connectivity index (χ1v) is 7.90. The summed E-state index contributed by atoms with van der Waals surface area (Å²) < 4.78 is 5.68. The van der Waals surface area contributed by atoms with Gasteiger partial charge in [0.05, 0.1) is 0 Å². The third kappa shape index (κ3) is 4.19. The van der Waals surface area contributed by atoms with Gasteiger partial charge in [-0.2, -0.15) is 0 Å². The van der Waals surface area contributed by atoms with E-state index in [1.165, 1.54) is 11.1 Å². The van der Waals surface area contributed by atoms with Crippen LogP contribution in [-0.2, 0) is 17.6 Å². The van der Waals surface area contributed by atoms with Crippen LogP contribution in [0.2, 0.25) is 0 Å². The highest BCUT2D eigenvalue weighted by atomic mass is 32.1. The van der Waals surface area contributed by atoms with E-state index in [2.05, 4.69) is 26.0 Å². The van der Waals surface area contributed by atoms with E-state index in [0.29, 0.717) is 10.1 Å². The first kappa shape index (κ1) is 15.8. The molecule has 3 heteroatoms. The average Bonchev–Trinajstić information content (AvgIpc) is 2.54. The molecule has 2 rings (SSSR count). The summed E-state index contributed by atoms with van der Waals surface area (Å²) in [5.74, 6) is 0. The summed E-state index contributed by atoms with van der Waals surface area (Å²) in [4.78, 5) is 0. The minimum absolute atomic E-state index is 0.428. The lowest BCUT2D eigenvalue weighted by Gasteiger charge is -2.10. The van der Waals surface area contributed by atoms with Crippen LogP contribution in [0, 0.1) is 0 Å². The van der Waals surface area contributed by atoms with Crippen molar-refractivity contribution >= 4 is 34.5 Å². The zero-order valence-electron chi connectivity index (χ0n) is 12.3. The number of ether oxygens (including phenoxy) is 1. The van der Waals surface area contributed by atoms with Crippen LogP contribution >= 0.6 is 24.4 Å². The topological polar surface area (TPSA) is 9.23 Å². The van der Waals surface area contributed by atoms with E-state index in [1.54, 1.807) is 0 Å². The summed E-state index contributed by atoms with van der Waals surface area (Å²) >= 11 is 10.7. The maximum atomic E-state index is 5.68. The van der Waals surface area contributed by atoms with Gasteiger partial charge in [0, 0.05) is 11.1 Å². The fourth-order valence-corrected chi connectivity index (χ4v) is 2.51. The molecule has 2 aromatic rings. The highest BCUT2D eigenvalue weighted by Gasteiger charge is 2.09. The third-order valence-corrected chi connectivity index (χ3v) is 3.97. The molecule has 21 heavy (non-hydrogen) atoms. The van der Waals surface area contributed by atoms with Crippen LogP contribution in [0.15, 0.2) is 48.5 Å². The lowest BCUT2D eigenvalue weighted by atomic mass is 10.1. The second kappa shape index (κ2) is 7.43. The zero-order valence-corrected chi connectivity index (χ0v) is 13.9. The molecule has 0 aromatic heterocycles. The van der Waals surface area contributed by atoms with Crippen LogP contribution in [0.1, 0.15) is 36.1 Å². The van der Waals surface area contributed by atoms with Gasteiger partial charge in [-0.05, 0) is 60.5 Å². The Kier molecular flexibility index (Phi) is 5.59. The number of benzene rings is 2.